The Hall–Kier alpha value is -1.43. The molecule has 4 N–H and O–H groups in total. The standard InChI is InChI=1S/C13H21N5/c1-17-13-5-3-2-4-11(13)12(16-17)10-18(8-6-14)9-7-15/h2-5H,6-10,14-15H2,1H3. The summed E-state index contributed by atoms with van der Waals surface area (Å²) in [5, 5.41) is 5.79. The van der Waals surface area contributed by atoms with Crippen molar-refractivity contribution in [3.63, 3.8) is 0 Å². The quantitative estimate of drug-likeness (QED) is 0.769. The molecule has 0 unspecified atom stereocenters. The molecule has 0 aliphatic carbocycles. The molecule has 0 saturated carbocycles. The van der Waals surface area contributed by atoms with Crippen LogP contribution < -0.4 is 11.5 Å². The lowest BCUT2D eigenvalue weighted by molar-refractivity contribution is 0.277. The van der Waals surface area contributed by atoms with Crippen LogP contribution in [0.15, 0.2) is 24.3 Å². The topological polar surface area (TPSA) is 73.1 Å². The van der Waals surface area contributed by atoms with E-state index in [4.69, 9.17) is 11.5 Å². The SMILES string of the molecule is Cn1nc(CN(CCN)CCN)c2ccccc21. The van der Waals surface area contributed by atoms with Crippen molar-refractivity contribution in [2.75, 3.05) is 26.2 Å². The maximum atomic E-state index is 5.62. The lowest BCUT2D eigenvalue weighted by atomic mass is 10.2. The molecule has 5 nitrogen and oxygen atoms in total. The van der Waals surface area contributed by atoms with Crippen molar-refractivity contribution < 1.29 is 0 Å². The normalized spacial score (nSPS) is 11.6. The van der Waals surface area contributed by atoms with Gasteiger partial charge in [-0.2, -0.15) is 5.10 Å². The Morgan fingerprint density at radius 3 is 2.50 bits per heavy atom. The van der Waals surface area contributed by atoms with Crippen LogP contribution in [0.25, 0.3) is 10.9 Å². The van der Waals surface area contributed by atoms with Gasteiger partial charge in [-0.05, 0) is 6.07 Å². The maximum absolute atomic E-state index is 5.62. The monoisotopic (exact) mass is 247 g/mol. The summed E-state index contributed by atoms with van der Waals surface area (Å²) in [6.07, 6.45) is 0. The Labute approximate surface area is 107 Å². The fourth-order valence-corrected chi connectivity index (χ4v) is 2.25. The molecule has 2 rings (SSSR count). The number of hydrogen-bond donors (Lipinski definition) is 2. The van der Waals surface area contributed by atoms with Gasteiger partial charge in [-0.3, -0.25) is 9.58 Å². The fraction of sp³-hybridized carbons (Fsp3) is 0.462. The van der Waals surface area contributed by atoms with Crippen LogP contribution in [0.2, 0.25) is 0 Å². The summed E-state index contributed by atoms with van der Waals surface area (Å²) in [6, 6.07) is 8.28. The van der Waals surface area contributed by atoms with Gasteiger partial charge in [0.25, 0.3) is 0 Å². The molecule has 0 bridgehead atoms. The number of benzene rings is 1. The molecule has 0 radical (unpaired) electrons. The number of para-hydroxylation sites is 1. The van der Waals surface area contributed by atoms with Gasteiger partial charge in [0.05, 0.1) is 11.2 Å². The van der Waals surface area contributed by atoms with Crippen LogP contribution in [0.1, 0.15) is 5.69 Å². The van der Waals surface area contributed by atoms with Crippen LogP contribution in [-0.4, -0.2) is 40.9 Å². The number of aryl methyl sites for hydroxylation is 1. The predicted molar refractivity (Wildman–Crippen MR) is 74.1 cm³/mol. The van der Waals surface area contributed by atoms with E-state index in [-0.39, 0.29) is 0 Å². The Balaban J connectivity index is 2.24. The van der Waals surface area contributed by atoms with Gasteiger partial charge < -0.3 is 11.5 Å². The summed E-state index contributed by atoms with van der Waals surface area (Å²) in [5.41, 5.74) is 13.5. The van der Waals surface area contributed by atoms with Gasteiger partial charge in [-0.15, -0.1) is 0 Å². The number of nitrogens with zero attached hydrogens (tertiary/aromatic N) is 3. The van der Waals surface area contributed by atoms with Gasteiger partial charge >= 0.3 is 0 Å². The van der Waals surface area contributed by atoms with Crippen molar-refractivity contribution in [3.8, 4) is 0 Å². The van der Waals surface area contributed by atoms with E-state index in [0.717, 1.165) is 30.8 Å². The first kappa shape index (κ1) is 13.0. The molecule has 0 fully saturated rings. The number of hydrogen-bond acceptors (Lipinski definition) is 4. The molecule has 0 aliphatic heterocycles. The highest BCUT2D eigenvalue weighted by molar-refractivity contribution is 5.81. The lowest BCUT2D eigenvalue weighted by Gasteiger charge is -2.19. The first-order valence-corrected chi connectivity index (χ1v) is 6.29. The summed E-state index contributed by atoms with van der Waals surface area (Å²) in [4.78, 5) is 2.24. The molecule has 0 spiro atoms. The molecule has 2 aromatic rings. The zero-order valence-electron chi connectivity index (χ0n) is 10.8. The third-order valence-corrected chi connectivity index (χ3v) is 3.10. The van der Waals surface area contributed by atoms with Crippen molar-refractivity contribution in [3.05, 3.63) is 30.0 Å². The van der Waals surface area contributed by atoms with E-state index in [9.17, 15) is 0 Å². The smallest absolute Gasteiger partial charge is 0.0843 e. The second kappa shape index (κ2) is 5.95. The van der Waals surface area contributed by atoms with Gasteiger partial charge in [-0.25, -0.2) is 0 Å². The fourth-order valence-electron chi connectivity index (χ4n) is 2.25. The summed E-state index contributed by atoms with van der Waals surface area (Å²) in [7, 11) is 1.97. The van der Waals surface area contributed by atoms with Crippen molar-refractivity contribution >= 4 is 10.9 Å². The minimum atomic E-state index is 0.644. The zero-order chi connectivity index (χ0) is 13.0. The van der Waals surface area contributed by atoms with Gasteiger partial charge in [0, 0.05) is 45.2 Å². The van der Waals surface area contributed by atoms with E-state index < -0.39 is 0 Å². The number of aromatic nitrogens is 2. The third kappa shape index (κ3) is 2.69. The van der Waals surface area contributed by atoms with E-state index in [0.29, 0.717) is 13.1 Å². The average molecular weight is 247 g/mol. The second-order valence-electron chi connectivity index (χ2n) is 4.44. The van der Waals surface area contributed by atoms with Crippen molar-refractivity contribution in [1.29, 1.82) is 0 Å². The third-order valence-electron chi connectivity index (χ3n) is 3.10. The highest BCUT2D eigenvalue weighted by Gasteiger charge is 2.11. The first-order valence-electron chi connectivity index (χ1n) is 6.29. The molecule has 0 amide bonds. The van der Waals surface area contributed by atoms with Crippen LogP contribution in [0.3, 0.4) is 0 Å². The molecule has 0 atom stereocenters. The molecule has 1 heterocycles. The van der Waals surface area contributed by atoms with Crippen LogP contribution in [0.5, 0.6) is 0 Å². The lowest BCUT2D eigenvalue weighted by Crippen LogP contribution is -2.33. The highest BCUT2D eigenvalue weighted by Crippen LogP contribution is 2.18. The minimum absolute atomic E-state index is 0.644. The molecular formula is C13H21N5. The zero-order valence-corrected chi connectivity index (χ0v) is 10.8. The Kier molecular flexibility index (Phi) is 4.30. The molecule has 18 heavy (non-hydrogen) atoms. The summed E-state index contributed by atoms with van der Waals surface area (Å²) < 4.78 is 1.92. The van der Waals surface area contributed by atoms with Crippen molar-refractivity contribution in [1.82, 2.24) is 14.7 Å². The number of rotatable bonds is 6. The minimum Gasteiger partial charge on any atom is -0.329 e. The summed E-state index contributed by atoms with van der Waals surface area (Å²) in [5.74, 6) is 0. The van der Waals surface area contributed by atoms with Crippen LogP contribution in [0.4, 0.5) is 0 Å². The van der Waals surface area contributed by atoms with Gasteiger partial charge in [0.15, 0.2) is 0 Å². The van der Waals surface area contributed by atoms with Crippen LogP contribution in [0, 0.1) is 0 Å². The number of fused-ring (bicyclic) bond motifs is 1. The largest absolute Gasteiger partial charge is 0.329 e. The number of nitrogens with two attached hydrogens (primary N) is 2. The van der Waals surface area contributed by atoms with E-state index >= 15 is 0 Å². The predicted octanol–water partition coefficient (Wildman–Crippen LogP) is 0.293. The van der Waals surface area contributed by atoms with E-state index in [1.54, 1.807) is 0 Å². The molecule has 1 aromatic carbocycles. The molecule has 5 heteroatoms. The van der Waals surface area contributed by atoms with Gasteiger partial charge in [0.2, 0.25) is 0 Å². The van der Waals surface area contributed by atoms with Crippen molar-refractivity contribution in [2.24, 2.45) is 18.5 Å². The van der Waals surface area contributed by atoms with Gasteiger partial charge in [0.1, 0.15) is 0 Å². The molecule has 1 aromatic heterocycles. The van der Waals surface area contributed by atoms with Crippen LogP contribution in [-0.2, 0) is 13.6 Å². The van der Waals surface area contributed by atoms with E-state index in [2.05, 4.69) is 22.1 Å². The Bertz CT molecular complexity index is 499. The second-order valence-corrected chi connectivity index (χ2v) is 4.44. The Morgan fingerprint density at radius 2 is 1.83 bits per heavy atom. The highest BCUT2D eigenvalue weighted by atomic mass is 15.3. The van der Waals surface area contributed by atoms with Gasteiger partial charge in [-0.1, -0.05) is 18.2 Å². The summed E-state index contributed by atoms with van der Waals surface area (Å²) in [6.45, 7) is 3.79. The summed E-state index contributed by atoms with van der Waals surface area (Å²) >= 11 is 0. The van der Waals surface area contributed by atoms with Crippen LogP contribution >= 0.6 is 0 Å². The van der Waals surface area contributed by atoms with E-state index in [1.165, 1.54) is 5.39 Å². The Morgan fingerprint density at radius 1 is 1.17 bits per heavy atom. The molecule has 98 valence electrons. The molecular weight excluding hydrogens is 226 g/mol. The van der Waals surface area contributed by atoms with E-state index in [1.807, 2.05) is 23.9 Å². The maximum Gasteiger partial charge on any atom is 0.0843 e. The average Bonchev–Trinajstić information content (AvgIpc) is 2.68. The molecule has 0 saturated heterocycles. The van der Waals surface area contributed by atoms with Crippen molar-refractivity contribution in [2.45, 2.75) is 6.54 Å². The molecule has 0 aliphatic rings. The first-order chi connectivity index (χ1) is 8.76.